The number of pyridine rings is 1. The molecule has 0 spiro atoms. The van der Waals surface area contributed by atoms with Crippen molar-refractivity contribution in [2.75, 3.05) is 6.61 Å². The number of carbonyl (C=O) groups is 1. The van der Waals surface area contributed by atoms with Gasteiger partial charge in [-0.25, -0.2) is 4.98 Å². The van der Waals surface area contributed by atoms with E-state index in [9.17, 15) is 4.79 Å². The lowest BCUT2D eigenvalue weighted by Gasteiger charge is -2.12. The number of amides is 1. The van der Waals surface area contributed by atoms with Crippen molar-refractivity contribution in [3.05, 3.63) is 29.1 Å². The minimum absolute atomic E-state index is 0.0290. The van der Waals surface area contributed by atoms with Crippen molar-refractivity contribution >= 4 is 5.91 Å². The highest BCUT2D eigenvalue weighted by Gasteiger charge is 2.11. The molecule has 1 aromatic heterocycles. The molecule has 1 heterocycles. The molecule has 2 N–H and O–H groups in total. The number of aryl methyl sites for hydroxylation is 1. The summed E-state index contributed by atoms with van der Waals surface area (Å²) in [7, 11) is 0. The van der Waals surface area contributed by atoms with E-state index >= 15 is 0 Å². The number of nitrogens with zero attached hydrogens (tertiary/aromatic N) is 2. The Bertz CT molecular complexity index is 452. The minimum atomic E-state index is -0.293. The van der Waals surface area contributed by atoms with E-state index in [0.29, 0.717) is 17.7 Å². The third kappa shape index (κ3) is 3.54. The zero-order chi connectivity index (χ0) is 12.8. The van der Waals surface area contributed by atoms with Gasteiger partial charge in [0.1, 0.15) is 11.8 Å². The van der Waals surface area contributed by atoms with Gasteiger partial charge in [-0.2, -0.15) is 5.26 Å². The molecule has 0 bridgehead atoms. The Morgan fingerprint density at radius 2 is 2.35 bits per heavy atom. The fraction of sp³-hybridized carbons (Fsp3) is 0.417. The number of nitrogens with one attached hydrogen (secondary N) is 1. The first kappa shape index (κ1) is 13.1. The second-order valence-electron chi connectivity index (χ2n) is 3.83. The molecule has 1 aromatic rings. The molecule has 1 unspecified atom stereocenters. The molecule has 0 saturated carbocycles. The van der Waals surface area contributed by atoms with Gasteiger partial charge in [-0.1, -0.05) is 0 Å². The molecule has 0 fully saturated rings. The molecule has 5 heteroatoms. The number of aliphatic hydroxyl groups is 1. The molecule has 0 aliphatic rings. The molecule has 1 amide bonds. The minimum Gasteiger partial charge on any atom is -0.396 e. The van der Waals surface area contributed by atoms with Gasteiger partial charge in [0.2, 0.25) is 0 Å². The van der Waals surface area contributed by atoms with Crippen LogP contribution >= 0.6 is 0 Å². The average Bonchev–Trinajstić information content (AvgIpc) is 2.29. The van der Waals surface area contributed by atoms with Crippen molar-refractivity contribution in [2.24, 2.45) is 0 Å². The fourth-order valence-corrected chi connectivity index (χ4v) is 1.37. The zero-order valence-electron chi connectivity index (χ0n) is 9.90. The monoisotopic (exact) mass is 233 g/mol. The standard InChI is InChI=1S/C12H15N3O2/c1-8(5-6-16)14-12(17)11-4-3-10(7-13)9(2)15-11/h3-4,8,16H,5-6H2,1-2H3,(H,14,17). The van der Waals surface area contributed by atoms with Crippen LogP contribution in [0.3, 0.4) is 0 Å². The lowest BCUT2D eigenvalue weighted by Crippen LogP contribution is -2.33. The lowest BCUT2D eigenvalue weighted by molar-refractivity contribution is 0.0929. The van der Waals surface area contributed by atoms with E-state index in [0.717, 1.165) is 0 Å². The van der Waals surface area contributed by atoms with Gasteiger partial charge in [-0.3, -0.25) is 4.79 Å². The number of rotatable bonds is 4. The fourth-order valence-electron chi connectivity index (χ4n) is 1.37. The number of hydrogen-bond acceptors (Lipinski definition) is 4. The van der Waals surface area contributed by atoms with Crippen LogP contribution in [-0.4, -0.2) is 28.6 Å². The Hall–Kier alpha value is -1.93. The van der Waals surface area contributed by atoms with E-state index in [2.05, 4.69) is 10.3 Å². The molecule has 0 saturated heterocycles. The summed E-state index contributed by atoms with van der Waals surface area (Å²) in [4.78, 5) is 15.8. The third-order valence-corrected chi connectivity index (χ3v) is 2.38. The Balaban J connectivity index is 2.77. The maximum absolute atomic E-state index is 11.7. The largest absolute Gasteiger partial charge is 0.396 e. The SMILES string of the molecule is Cc1nc(C(=O)NC(C)CCO)ccc1C#N. The van der Waals surface area contributed by atoms with Crippen molar-refractivity contribution in [1.29, 1.82) is 5.26 Å². The molecule has 0 aliphatic heterocycles. The summed E-state index contributed by atoms with van der Waals surface area (Å²) in [5.74, 6) is -0.293. The Labute approximate surface area is 100 Å². The highest BCUT2D eigenvalue weighted by molar-refractivity contribution is 5.92. The van der Waals surface area contributed by atoms with Crippen molar-refractivity contribution in [2.45, 2.75) is 26.3 Å². The normalized spacial score (nSPS) is 11.6. The summed E-state index contributed by atoms with van der Waals surface area (Å²) >= 11 is 0. The molecule has 0 radical (unpaired) electrons. The molecule has 1 rings (SSSR count). The highest BCUT2D eigenvalue weighted by Crippen LogP contribution is 2.05. The van der Waals surface area contributed by atoms with Gasteiger partial charge in [0.05, 0.1) is 11.3 Å². The summed E-state index contributed by atoms with van der Waals surface area (Å²) in [6, 6.07) is 4.99. The number of nitriles is 1. The third-order valence-electron chi connectivity index (χ3n) is 2.38. The van der Waals surface area contributed by atoms with Gasteiger partial charge in [0.15, 0.2) is 0 Å². The van der Waals surface area contributed by atoms with Crippen molar-refractivity contribution in [3.8, 4) is 6.07 Å². The van der Waals surface area contributed by atoms with Gasteiger partial charge < -0.3 is 10.4 Å². The van der Waals surface area contributed by atoms with Gasteiger partial charge in [-0.15, -0.1) is 0 Å². The molecule has 0 aliphatic carbocycles. The predicted molar refractivity (Wildman–Crippen MR) is 62.3 cm³/mol. The molecule has 5 nitrogen and oxygen atoms in total. The summed E-state index contributed by atoms with van der Waals surface area (Å²) in [6.07, 6.45) is 0.501. The Kier molecular flexibility index (Phi) is 4.61. The first-order chi connectivity index (χ1) is 8.08. The number of aliphatic hydroxyl groups excluding tert-OH is 1. The van der Waals surface area contributed by atoms with Crippen LogP contribution in [0.25, 0.3) is 0 Å². The van der Waals surface area contributed by atoms with Crippen molar-refractivity contribution in [3.63, 3.8) is 0 Å². The van der Waals surface area contributed by atoms with Crippen LogP contribution in [-0.2, 0) is 0 Å². The van der Waals surface area contributed by atoms with Gasteiger partial charge in [-0.05, 0) is 32.4 Å². The first-order valence-corrected chi connectivity index (χ1v) is 5.38. The average molecular weight is 233 g/mol. The summed E-state index contributed by atoms with van der Waals surface area (Å²) in [5, 5.41) is 20.2. The van der Waals surface area contributed by atoms with E-state index in [-0.39, 0.29) is 24.2 Å². The zero-order valence-corrected chi connectivity index (χ0v) is 9.90. The quantitative estimate of drug-likeness (QED) is 0.804. The van der Waals surface area contributed by atoms with Crippen LogP contribution < -0.4 is 5.32 Å². The molecule has 1 atom stereocenters. The maximum Gasteiger partial charge on any atom is 0.270 e. The van der Waals surface area contributed by atoms with Crippen LogP contribution in [0.15, 0.2) is 12.1 Å². The summed E-state index contributed by atoms with van der Waals surface area (Å²) < 4.78 is 0. The van der Waals surface area contributed by atoms with Crippen LogP contribution in [0.1, 0.15) is 35.1 Å². The number of carbonyl (C=O) groups excluding carboxylic acids is 1. The number of hydrogen-bond donors (Lipinski definition) is 2. The second-order valence-corrected chi connectivity index (χ2v) is 3.83. The van der Waals surface area contributed by atoms with Gasteiger partial charge in [0, 0.05) is 12.6 Å². The van der Waals surface area contributed by atoms with E-state index < -0.39 is 0 Å². The molecule has 0 aromatic carbocycles. The second kappa shape index (κ2) is 5.97. The lowest BCUT2D eigenvalue weighted by atomic mass is 10.2. The summed E-state index contributed by atoms with van der Waals surface area (Å²) in [6.45, 7) is 3.53. The van der Waals surface area contributed by atoms with Crippen LogP contribution in [0.5, 0.6) is 0 Å². The Morgan fingerprint density at radius 1 is 1.65 bits per heavy atom. The van der Waals surface area contributed by atoms with E-state index in [4.69, 9.17) is 10.4 Å². The number of aromatic nitrogens is 1. The summed E-state index contributed by atoms with van der Waals surface area (Å²) in [5.41, 5.74) is 1.28. The van der Waals surface area contributed by atoms with Crippen molar-refractivity contribution in [1.82, 2.24) is 10.3 Å². The van der Waals surface area contributed by atoms with Gasteiger partial charge >= 0.3 is 0 Å². The maximum atomic E-state index is 11.7. The van der Waals surface area contributed by atoms with E-state index in [1.165, 1.54) is 6.07 Å². The Morgan fingerprint density at radius 3 is 2.88 bits per heavy atom. The van der Waals surface area contributed by atoms with E-state index in [1.807, 2.05) is 13.0 Å². The van der Waals surface area contributed by atoms with E-state index in [1.54, 1.807) is 13.0 Å². The van der Waals surface area contributed by atoms with Crippen LogP contribution in [0.4, 0.5) is 0 Å². The molecule has 90 valence electrons. The molecular weight excluding hydrogens is 218 g/mol. The topological polar surface area (TPSA) is 86.0 Å². The molecule has 17 heavy (non-hydrogen) atoms. The molecular formula is C12H15N3O2. The van der Waals surface area contributed by atoms with Crippen LogP contribution in [0.2, 0.25) is 0 Å². The van der Waals surface area contributed by atoms with Crippen molar-refractivity contribution < 1.29 is 9.90 Å². The predicted octanol–water partition coefficient (Wildman–Crippen LogP) is 0.762. The highest BCUT2D eigenvalue weighted by atomic mass is 16.3. The van der Waals surface area contributed by atoms with Crippen LogP contribution in [0, 0.1) is 18.3 Å². The van der Waals surface area contributed by atoms with Gasteiger partial charge in [0.25, 0.3) is 5.91 Å². The first-order valence-electron chi connectivity index (χ1n) is 5.38. The smallest absolute Gasteiger partial charge is 0.270 e.